The molecular formula is C46H75NO7P+. The predicted molar refractivity (Wildman–Crippen MR) is 233 cm³/mol. The Morgan fingerprint density at radius 1 is 0.564 bits per heavy atom. The first-order chi connectivity index (χ1) is 26.6. The first-order valence-corrected chi connectivity index (χ1v) is 21.8. The molecule has 310 valence electrons. The lowest BCUT2D eigenvalue weighted by molar-refractivity contribution is -0.870. The third-order valence-corrected chi connectivity index (χ3v) is 8.52. The molecule has 8 nitrogen and oxygen atoms in total. The highest BCUT2D eigenvalue weighted by Crippen LogP contribution is 2.43. The Morgan fingerprint density at radius 3 is 1.38 bits per heavy atom. The second-order valence-corrected chi connectivity index (χ2v) is 15.3. The molecule has 0 rings (SSSR count). The molecule has 2 unspecified atom stereocenters. The Morgan fingerprint density at radius 2 is 0.964 bits per heavy atom. The van der Waals surface area contributed by atoms with Gasteiger partial charge in [-0.2, -0.15) is 0 Å². The number of likely N-dealkylation sites (N-methyl/N-ethyl adjacent to an activating group) is 1. The number of carbonyl (C=O) groups excluding carboxylic acids is 1. The van der Waals surface area contributed by atoms with E-state index in [-0.39, 0.29) is 26.2 Å². The third-order valence-electron chi connectivity index (χ3n) is 7.54. The zero-order chi connectivity index (χ0) is 40.6. The zero-order valence-electron chi connectivity index (χ0n) is 34.9. The Kier molecular flexibility index (Phi) is 35.7. The van der Waals surface area contributed by atoms with E-state index in [4.69, 9.17) is 18.5 Å². The molecule has 0 aromatic rings. The summed E-state index contributed by atoms with van der Waals surface area (Å²) < 4.78 is 34.7. The normalized spacial score (nSPS) is 15.1. The van der Waals surface area contributed by atoms with Crippen molar-refractivity contribution >= 4 is 13.8 Å². The van der Waals surface area contributed by atoms with Gasteiger partial charge in [0.25, 0.3) is 0 Å². The number of allylic oxidation sites excluding steroid dienone is 19. The number of nitrogens with zero attached hydrogens (tertiary/aromatic N) is 1. The lowest BCUT2D eigenvalue weighted by atomic mass is 10.2. The molecule has 9 heteroatoms. The van der Waals surface area contributed by atoms with Gasteiger partial charge in [-0.1, -0.05) is 135 Å². The van der Waals surface area contributed by atoms with Gasteiger partial charge in [0, 0.05) is 6.42 Å². The number of phosphoric ester groups is 1. The summed E-state index contributed by atoms with van der Waals surface area (Å²) in [5.41, 5.74) is 0. The van der Waals surface area contributed by atoms with Crippen molar-refractivity contribution in [1.82, 2.24) is 0 Å². The van der Waals surface area contributed by atoms with Crippen LogP contribution in [-0.4, -0.2) is 75.6 Å². The van der Waals surface area contributed by atoms with Crippen LogP contribution in [0.15, 0.2) is 122 Å². The number of unbranched alkanes of at least 4 members (excludes halogenated alkanes) is 1. The van der Waals surface area contributed by atoms with Crippen molar-refractivity contribution in [3.05, 3.63) is 122 Å². The van der Waals surface area contributed by atoms with Crippen LogP contribution in [0.1, 0.15) is 104 Å². The Bertz CT molecular complexity index is 1280. The average Bonchev–Trinajstić information content (AvgIpc) is 3.13. The topological polar surface area (TPSA) is 91.3 Å². The standard InChI is InChI=1S/C46H74NO7P/c1-6-8-10-12-14-16-18-20-22-24-25-27-29-31-33-35-37-39-46(48)54-45(44-53-55(49,50)52-42-40-47(3,4)5)43-51-41-38-36-34-32-30-28-26-23-21-19-17-15-13-11-9-7-2/h8-11,14-17,20-23,25,27-28,30-31,33-34,36,45H,6-7,12-13,18-19,24,26,29,32,35,37-44H2,1-5H3/p+1/b10-8-,11-9-,16-14-,17-15-,22-20-,23-21-,27-25-,30-28-,33-31-,36-34-. The van der Waals surface area contributed by atoms with E-state index in [1.54, 1.807) is 0 Å². The molecule has 0 aliphatic carbocycles. The van der Waals surface area contributed by atoms with Gasteiger partial charge in [0.05, 0.1) is 41.0 Å². The minimum absolute atomic E-state index is 0.0457. The van der Waals surface area contributed by atoms with Crippen LogP contribution in [0.3, 0.4) is 0 Å². The number of rotatable bonds is 35. The largest absolute Gasteiger partial charge is 0.472 e. The fourth-order valence-electron chi connectivity index (χ4n) is 4.47. The first kappa shape index (κ1) is 51.9. The van der Waals surface area contributed by atoms with Gasteiger partial charge in [-0.25, -0.2) is 4.57 Å². The van der Waals surface area contributed by atoms with E-state index in [1.807, 2.05) is 27.2 Å². The van der Waals surface area contributed by atoms with Crippen molar-refractivity contribution in [3.8, 4) is 0 Å². The monoisotopic (exact) mass is 785 g/mol. The molecule has 0 fully saturated rings. The van der Waals surface area contributed by atoms with Gasteiger partial charge in [-0.05, 0) is 83.5 Å². The number of hydrogen-bond donors (Lipinski definition) is 1. The summed E-state index contributed by atoms with van der Waals surface area (Å²) in [7, 11) is 1.56. The summed E-state index contributed by atoms with van der Waals surface area (Å²) in [6, 6.07) is 0. The van der Waals surface area contributed by atoms with E-state index in [1.165, 1.54) is 0 Å². The fourth-order valence-corrected chi connectivity index (χ4v) is 5.21. The molecule has 2 atom stereocenters. The van der Waals surface area contributed by atoms with E-state index in [0.717, 1.165) is 70.6 Å². The Labute approximate surface area is 335 Å². The van der Waals surface area contributed by atoms with Crippen LogP contribution < -0.4 is 0 Å². The number of ether oxygens (including phenoxy) is 2. The molecule has 0 bridgehead atoms. The number of phosphoric acid groups is 1. The molecule has 1 N–H and O–H groups in total. The number of carbonyl (C=O) groups is 1. The molecule has 0 aliphatic rings. The van der Waals surface area contributed by atoms with Crippen molar-refractivity contribution in [1.29, 1.82) is 0 Å². The quantitative estimate of drug-likeness (QED) is 0.0225. The van der Waals surface area contributed by atoms with E-state index >= 15 is 0 Å². The zero-order valence-corrected chi connectivity index (χ0v) is 35.7. The highest BCUT2D eigenvalue weighted by Gasteiger charge is 2.26. The molecule has 0 saturated heterocycles. The minimum Gasteiger partial charge on any atom is -0.457 e. The van der Waals surface area contributed by atoms with Crippen LogP contribution in [0, 0.1) is 0 Å². The second-order valence-electron chi connectivity index (χ2n) is 13.9. The van der Waals surface area contributed by atoms with Crippen molar-refractivity contribution < 1.29 is 37.3 Å². The Hall–Kier alpha value is -3.10. The van der Waals surface area contributed by atoms with Gasteiger partial charge < -0.3 is 18.9 Å². The maximum absolute atomic E-state index is 12.6. The van der Waals surface area contributed by atoms with Gasteiger partial charge in [0.2, 0.25) is 0 Å². The van der Waals surface area contributed by atoms with Crippen LogP contribution in [0.5, 0.6) is 0 Å². The predicted octanol–water partition coefficient (Wildman–Crippen LogP) is 11.8. The van der Waals surface area contributed by atoms with Crippen molar-refractivity contribution in [3.63, 3.8) is 0 Å². The average molecular weight is 785 g/mol. The fraction of sp³-hybridized carbons (Fsp3) is 0.543. The van der Waals surface area contributed by atoms with Gasteiger partial charge >= 0.3 is 13.8 Å². The molecule has 0 radical (unpaired) electrons. The van der Waals surface area contributed by atoms with Gasteiger partial charge in [0.15, 0.2) is 0 Å². The van der Waals surface area contributed by atoms with Crippen LogP contribution >= 0.6 is 7.82 Å². The number of hydrogen-bond acceptors (Lipinski definition) is 6. The SMILES string of the molecule is CC/C=C\C/C=C\C/C=C\C/C=C\C/C=C\CCCC(=O)OC(COCC/C=C\C/C=C\C/C=C\C/C=C\C/C=C\CC)COP(=O)(O)OCC[N+](C)(C)C. The maximum Gasteiger partial charge on any atom is 0.472 e. The highest BCUT2D eigenvalue weighted by molar-refractivity contribution is 7.47. The van der Waals surface area contributed by atoms with E-state index in [0.29, 0.717) is 30.5 Å². The number of quaternary nitrogens is 1. The second kappa shape index (κ2) is 37.8. The molecule has 0 aromatic carbocycles. The van der Waals surface area contributed by atoms with Crippen LogP contribution in [0.4, 0.5) is 0 Å². The third kappa shape index (κ3) is 41.9. The molecule has 55 heavy (non-hydrogen) atoms. The number of esters is 1. The van der Waals surface area contributed by atoms with Gasteiger partial charge in [-0.15, -0.1) is 0 Å². The van der Waals surface area contributed by atoms with Crippen molar-refractivity contribution in [2.24, 2.45) is 0 Å². The van der Waals surface area contributed by atoms with Crippen LogP contribution in [0.25, 0.3) is 0 Å². The highest BCUT2D eigenvalue weighted by atomic mass is 31.2. The van der Waals surface area contributed by atoms with E-state index in [2.05, 4.69) is 129 Å². The van der Waals surface area contributed by atoms with Gasteiger partial charge in [-0.3, -0.25) is 13.8 Å². The van der Waals surface area contributed by atoms with Crippen LogP contribution in [0.2, 0.25) is 0 Å². The summed E-state index contributed by atoms with van der Waals surface area (Å²) in [4.78, 5) is 22.8. The summed E-state index contributed by atoms with van der Waals surface area (Å²) in [5.74, 6) is -0.402. The summed E-state index contributed by atoms with van der Waals surface area (Å²) in [5, 5.41) is 0. The lowest BCUT2D eigenvalue weighted by Crippen LogP contribution is -2.37. The lowest BCUT2D eigenvalue weighted by Gasteiger charge is -2.24. The summed E-state index contributed by atoms with van der Waals surface area (Å²) in [6.07, 6.45) is 54.1. The molecule has 0 aromatic heterocycles. The van der Waals surface area contributed by atoms with Crippen molar-refractivity contribution in [2.75, 3.05) is 54.1 Å². The molecule has 0 saturated carbocycles. The summed E-state index contributed by atoms with van der Waals surface area (Å²) in [6.45, 7) is 5.03. The minimum atomic E-state index is -4.32. The molecule has 0 aliphatic heterocycles. The molecule has 0 heterocycles. The first-order valence-electron chi connectivity index (χ1n) is 20.3. The van der Waals surface area contributed by atoms with Crippen molar-refractivity contribution in [2.45, 2.75) is 110 Å². The smallest absolute Gasteiger partial charge is 0.457 e. The maximum atomic E-state index is 12.6. The van der Waals surface area contributed by atoms with E-state index in [9.17, 15) is 14.3 Å². The van der Waals surface area contributed by atoms with Crippen LogP contribution in [-0.2, 0) is 27.9 Å². The summed E-state index contributed by atoms with van der Waals surface area (Å²) >= 11 is 0. The molecule has 0 amide bonds. The molecule has 0 spiro atoms. The Balaban J connectivity index is 4.54. The molecular weight excluding hydrogens is 709 g/mol. The van der Waals surface area contributed by atoms with Gasteiger partial charge in [0.1, 0.15) is 19.3 Å². The van der Waals surface area contributed by atoms with E-state index < -0.39 is 19.9 Å².